The normalized spacial score (nSPS) is 14.6. The van der Waals surface area contributed by atoms with Gasteiger partial charge in [0.05, 0.1) is 23.4 Å². The summed E-state index contributed by atoms with van der Waals surface area (Å²) in [6.07, 6.45) is 0. The van der Waals surface area contributed by atoms with Crippen LogP contribution in [0.1, 0.15) is 0 Å². The molecule has 21 heavy (non-hydrogen) atoms. The van der Waals surface area contributed by atoms with Crippen LogP contribution in [-0.4, -0.2) is 22.0 Å². The average molecular weight is 293 g/mol. The van der Waals surface area contributed by atoms with Crippen LogP contribution in [0.5, 0.6) is 0 Å². The summed E-state index contributed by atoms with van der Waals surface area (Å²) in [4.78, 5) is 4.64. The molecule has 3 aromatic rings. The Bertz CT molecular complexity index is 834. The van der Waals surface area contributed by atoms with E-state index in [9.17, 15) is 0 Å². The molecular weight excluding hydrogens is 278 g/mol. The molecule has 2 aromatic carbocycles. The predicted molar refractivity (Wildman–Crippen MR) is 91.9 cm³/mol. The number of nitrogen functional groups attached to an aromatic ring is 1. The lowest BCUT2D eigenvalue weighted by molar-refractivity contribution is 1.14. The maximum Gasteiger partial charge on any atom is 0.168 e. The van der Waals surface area contributed by atoms with Crippen LogP contribution in [0.3, 0.4) is 0 Å². The van der Waals surface area contributed by atoms with E-state index in [4.69, 9.17) is 5.73 Å². The van der Waals surface area contributed by atoms with Gasteiger partial charge in [-0.2, -0.15) is 0 Å². The van der Waals surface area contributed by atoms with Crippen molar-refractivity contribution in [3.63, 3.8) is 0 Å². The Morgan fingerprint density at radius 2 is 1.76 bits per heavy atom. The lowest BCUT2D eigenvalue weighted by atomic mass is 10.1. The number of aromatic nitrogens is 1. The summed E-state index contributed by atoms with van der Waals surface area (Å²) in [5.74, 6) is 1.04. The van der Waals surface area contributed by atoms with Crippen LogP contribution in [0, 0.1) is 0 Å². The van der Waals surface area contributed by atoms with Crippen molar-refractivity contribution >= 4 is 33.5 Å². The lowest BCUT2D eigenvalue weighted by Crippen LogP contribution is -2.07. The second-order valence-electron chi connectivity index (χ2n) is 4.99. The highest BCUT2D eigenvalue weighted by atomic mass is 32.2. The highest BCUT2D eigenvalue weighted by Gasteiger charge is 2.21. The molecule has 0 radical (unpaired) electrons. The van der Waals surface area contributed by atoms with Crippen LogP contribution in [-0.2, 0) is 0 Å². The molecule has 1 aliphatic rings. The maximum absolute atomic E-state index is 6.45. The standard InChI is InChI=1S/C17H15N3S/c18-15-13-8-4-5-9-14(13)20(17-19-10-11-21-17)16(15)12-6-2-1-3-7-12/h1-9H,10-11,18H2. The van der Waals surface area contributed by atoms with Gasteiger partial charge in [0.25, 0.3) is 0 Å². The van der Waals surface area contributed by atoms with E-state index in [0.717, 1.165) is 45.3 Å². The summed E-state index contributed by atoms with van der Waals surface area (Å²) in [5.41, 5.74) is 10.6. The first-order valence-corrected chi connectivity index (χ1v) is 7.97. The molecule has 2 N–H and O–H groups in total. The van der Waals surface area contributed by atoms with Crippen LogP contribution in [0.4, 0.5) is 5.69 Å². The lowest BCUT2D eigenvalue weighted by Gasteiger charge is -2.10. The number of nitrogens with two attached hydrogens (primary N) is 1. The zero-order chi connectivity index (χ0) is 14.2. The quantitative estimate of drug-likeness (QED) is 0.740. The molecule has 0 unspecified atom stereocenters. The van der Waals surface area contributed by atoms with Gasteiger partial charge in [-0.25, -0.2) is 0 Å². The van der Waals surface area contributed by atoms with Crippen molar-refractivity contribution in [2.45, 2.75) is 0 Å². The number of nitrogens with zero attached hydrogens (tertiary/aromatic N) is 2. The number of anilines is 1. The predicted octanol–water partition coefficient (Wildman–Crippen LogP) is 3.84. The first-order chi connectivity index (χ1) is 10.4. The summed E-state index contributed by atoms with van der Waals surface area (Å²) in [7, 11) is 0. The third-order valence-corrected chi connectivity index (χ3v) is 4.68. The van der Waals surface area contributed by atoms with Crippen LogP contribution in [0.15, 0.2) is 59.6 Å². The summed E-state index contributed by atoms with van der Waals surface area (Å²) < 4.78 is 2.21. The zero-order valence-corrected chi connectivity index (χ0v) is 12.3. The van der Waals surface area contributed by atoms with E-state index >= 15 is 0 Å². The number of thioether (sulfide) groups is 1. The van der Waals surface area contributed by atoms with E-state index in [-0.39, 0.29) is 0 Å². The fourth-order valence-corrected chi connectivity index (χ4v) is 3.67. The van der Waals surface area contributed by atoms with Gasteiger partial charge in [-0.15, -0.1) is 0 Å². The van der Waals surface area contributed by atoms with E-state index in [1.807, 2.05) is 30.3 Å². The Morgan fingerprint density at radius 3 is 2.52 bits per heavy atom. The molecule has 104 valence electrons. The topological polar surface area (TPSA) is 43.3 Å². The first-order valence-electron chi connectivity index (χ1n) is 6.98. The second-order valence-corrected chi connectivity index (χ2v) is 6.06. The van der Waals surface area contributed by atoms with Crippen LogP contribution in [0.2, 0.25) is 0 Å². The summed E-state index contributed by atoms with van der Waals surface area (Å²) in [6, 6.07) is 18.6. The Kier molecular flexibility index (Phi) is 2.97. The monoisotopic (exact) mass is 293 g/mol. The summed E-state index contributed by atoms with van der Waals surface area (Å²) >= 11 is 1.79. The molecule has 0 aliphatic carbocycles. The highest BCUT2D eigenvalue weighted by molar-refractivity contribution is 8.14. The largest absolute Gasteiger partial charge is 0.396 e. The maximum atomic E-state index is 6.45. The Balaban J connectivity index is 2.09. The number of aliphatic imine (C=N–C) groups is 1. The van der Waals surface area contributed by atoms with E-state index < -0.39 is 0 Å². The first kappa shape index (κ1) is 12.5. The molecule has 1 aliphatic heterocycles. The fourth-order valence-electron chi connectivity index (χ4n) is 2.80. The minimum Gasteiger partial charge on any atom is -0.396 e. The molecule has 0 saturated carbocycles. The van der Waals surface area contributed by atoms with Gasteiger partial charge < -0.3 is 5.73 Å². The molecular formula is C17H15N3S. The third-order valence-electron chi connectivity index (χ3n) is 3.72. The molecule has 1 aromatic heterocycles. The zero-order valence-electron chi connectivity index (χ0n) is 11.5. The Hall–Kier alpha value is -2.20. The van der Waals surface area contributed by atoms with Crippen molar-refractivity contribution in [3.8, 4) is 11.3 Å². The minimum atomic E-state index is 0.826. The molecule has 0 saturated heterocycles. The van der Waals surface area contributed by atoms with Crippen molar-refractivity contribution in [3.05, 3.63) is 54.6 Å². The van der Waals surface area contributed by atoms with Gasteiger partial charge in [-0.1, -0.05) is 60.3 Å². The molecule has 4 heteroatoms. The molecule has 0 amide bonds. The number of para-hydroxylation sites is 1. The van der Waals surface area contributed by atoms with Gasteiger partial charge in [0.1, 0.15) is 0 Å². The molecule has 4 rings (SSSR count). The molecule has 3 nitrogen and oxygen atoms in total. The summed E-state index contributed by atoms with van der Waals surface area (Å²) in [6.45, 7) is 0.876. The van der Waals surface area contributed by atoms with Crippen molar-refractivity contribution < 1.29 is 0 Å². The molecule has 0 fully saturated rings. The smallest absolute Gasteiger partial charge is 0.168 e. The average Bonchev–Trinajstić information content (AvgIpc) is 3.15. The van der Waals surface area contributed by atoms with Crippen molar-refractivity contribution in [1.82, 2.24) is 4.57 Å². The van der Waals surface area contributed by atoms with Crippen LogP contribution < -0.4 is 5.73 Å². The Labute approximate surface area is 127 Å². The molecule has 0 bridgehead atoms. The fraction of sp³-hybridized carbons (Fsp3) is 0.118. The minimum absolute atomic E-state index is 0.826. The SMILES string of the molecule is Nc1c(-c2ccccc2)n(C2=NCCS2)c2ccccc12. The second kappa shape index (κ2) is 4.97. The van der Waals surface area contributed by atoms with E-state index in [1.165, 1.54) is 0 Å². The van der Waals surface area contributed by atoms with Gasteiger partial charge >= 0.3 is 0 Å². The van der Waals surface area contributed by atoms with Gasteiger partial charge in [0.15, 0.2) is 5.17 Å². The van der Waals surface area contributed by atoms with Crippen LogP contribution >= 0.6 is 11.8 Å². The molecule has 2 heterocycles. The van der Waals surface area contributed by atoms with Gasteiger partial charge in [0.2, 0.25) is 0 Å². The highest BCUT2D eigenvalue weighted by Crippen LogP contribution is 2.37. The van der Waals surface area contributed by atoms with Crippen molar-refractivity contribution in [2.75, 3.05) is 18.0 Å². The molecule has 0 atom stereocenters. The number of rotatable bonds is 1. The number of fused-ring (bicyclic) bond motifs is 1. The van der Waals surface area contributed by atoms with Gasteiger partial charge in [0, 0.05) is 16.7 Å². The van der Waals surface area contributed by atoms with Gasteiger partial charge in [-0.05, 0) is 6.07 Å². The van der Waals surface area contributed by atoms with Gasteiger partial charge in [-0.3, -0.25) is 9.56 Å². The van der Waals surface area contributed by atoms with Crippen molar-refractivity contribution in [1.29, 1.82) is 0 Å². The van der Waals surface area contributed by atoms with E-state index in [0.29, 0.717) is 0 Å². The van der Waals surface area contributed by atoms with Crippen molar-refractivity contribution in [2.24, 2.45) is 4.99 Å². The molecule has 0 spiro atoms. The van der Waals surface area contributed by atoms with E-state index in [1.54, 1.807) is 11.8 Å². The summed E-state index contributed by atoms with van der Waals surface area (Å²) in [5, 5.41) is 2.13. The number of hydrogen-bond donors (Lipinski definition) is 1. The number of hydrogen-bond acceptors (Lipinski definition) is 3. The third kappa shape index (κ3) is 1.94. The Morgan fingerprint density at radius 1 is 1.00 bits per heavy atom. The van der Waals surface area contributed by atoms with E-state index in [2.05, 4.69) is 33.8 Å². The van der Waals surface area contributed by atoms with Crippen LogP contribution in [0.25, 0.3) is 22.2 Å². The number of benzene rings is 2.